The average molecular weight is 587 g/mol. The van der Waals surface area contributed by atoms with Crippen molar-refractivity contribution in [2.75, 3.05) is 12.3 Å². The highest BCUT2D eigenvalue weighted by Gasteiger charge is 2.40. The number of carbonyl (C=O) groups excluding carboxylic acids is 4. The number of benzene rings is 1. The highest BCUT2D eigenvalue weighted by molar-refractivity contribution is 7.98. The minimum atomic E-state index is -1.07. The zero-order valence-corrected chi connectivity index (χ0v) is 24.5. The first-order valence-electron chi connectivity index (χ1n) is 14.8. The standard InChI is InChI=1S/C30H42N4O6S/c1-19-17-41-18-21-8-5-7-20(15-21)16-25(35)32-23(12-13-26(36)37)30(40)34-14-6-11-24(34)28(38)33-27(29(39)31-19)22-9-3-2-4-10-22/h5,7-8,15,19,22-24,27H,2-4,6,9-14,16-18H2,1H3,(H,31,39)(H,32,35)(H,33,38)(H,36,37)/t19-,23?,24?,27?/m1/s1. The van der Waals surface area contributed by atoms with Crippen molar-refractivity contribution in [2.24, 2.45) is 5.92 Å². The van der Waals surface area contributed by atoms with E-state index in [0.717, 1.165) is 43.2 Å². The highest BCUT2D eigenvalue weighted by Crippen LogP contribution is 2.28. The number of hydrogen-bond donors (Lipinski definition) is 4. The topological polar surface area (TPSA) is 145 Å². The van der Waals surface area contributed by atoms with Crippen molar-refractivity contribution in [1.29, 1.82) is 0 Å². The Morgan fingerprint density at radius 2 is 1.73 bits per heavy atom. The van der Waals surface area contributed by atoms with Gasteiger partial charge in [-0.3, -0.25) is 24.0 Å². The van der Waals surface area contributed by atoms with Gasteiger partial charge in [-0.2, -0.15) is 11.8 Å². The van der Waals surface area contributed by atoms with Crippen LogP contribution in [0.4, 0.5) is 0 Å². The van der Waals surface area contributed by atoms with E-state index in [1.165, 1.54) is 4.90 Å². The molecule has 1 aliphatic carbocycles. The van der Waals surface area contributed by atoms with E-state index < -0.39 is 30.0 Å². The molecule has 1 aromatic carbocycles. The fourth-order valence-corrected chi connectivity index (χ4v) is 7.10. The Bertz CT molecular complexity index is 1120. The second-order valence-electron chi connectivity index (χ2n) is 11.5. The summed E-state index contributed by atoms with van der Waals surface area (Å²) in [6.45, 7) is 2.29. The van der Waals surface area contributed by atoms with E-state index >= 15 is 0 Å². The van der Waals surface area contributed by atoms with Gasteiger partial charge in [0.1, 0.15) is 18.1 Å². The van der Waals surface area contributed by atoms with Gasteiger partial charge in [-0.1, -0.05) is 43.5 Å². The monoisotopic (exact) mass is 586 g/mol. The van der Waals surface area contributed by atoms with Crippen LogP contribution in [-0.2, 0) is 36.1 Å². The van der Waals surface area contributed by atoms with Gasteiger partial charge in [0.15, 0.2) is 0 Å². The lowest BCUT2D eigenvalue weighted by molar-refractivity contribution is -0.143. The van der Waals surface area contributed by atoms with Gasteiger partial charge in [-0.15, -0.1) is 0 Å². The van der Waals surface area contributed by atoms with E-state index in [9.17, 15) is 29.1 Å². The molecule has 41 heavy (non-hydrogen) atoms. The lowest BCUT2D eigenvalue weighted by Crippen LogP contribution is -2.58. The van der Waals surface area contributed by atoms with Gasteiger partial charge >= 0.3 is 5.97 Å². The van der Waals surface area contributed by atoms with Crippen molar-refractivity contribution < 1.29 is 29.1 Å². The molecular weight excluding hydrogens is 544 g/mol. The summed E-state index contributed by atoms with van der Waals surface area (Å²) in [6.07, 6.45) is 5.56. The number of rotatable bonds is 4. The van der Waals surface area contributed by atoms with Crippen LogP contribution >= 0.6 is 11.8 Å². The Labute approximate surface area is 245 Å². The Morgan fingerprint density at radius 3 is 2.49 bits per heavy atom. The van der Waals surface area contributed by atoms with Crippen molar-refractivity contribution in [3.8, 4) is 0 Å². The minimum absolute atomic E-state index is 0.0255. The summed E-state index contributed by atoms with van der Waals surface area (Å²) in [5, 5.41) is 18.2. The molecule has 0 aromatic heterocycles. The van der Waals surface area contributed by atoms with E-state index in [1.54, 1.807) is 11.8 Å². The first-order valence-corrected chi connectivity index (χ1v) is 15.9. The van der Waals surface area contributed by atoms with Gasteiger partial charge in [-0.05, 0) is 56.1 Å². The number of nitrogens with zero attached hydrogens (tertiary/aromatic N) is 1. The number of aliphatic carboxylic acids is 1. The first kappa shape index (κ1) is 30.9. The van der Waals surface area contributed by atoms with Crippen molar-refractivity contribution >= 4 is 41.4 Å². The molecule has 11 heteroatoms. The number of hydrogen-bond acceptors (Lipinski definition) is 6. The van der Waals surface area contributed by atoms with E-state index in [4.69, 9.17) is 0 Å². The number of fused-ring (bicyclic) bond motifs is 3. The van der Waals surface area contributed by atoms with Gasteiger partial charge in [0.2, 0.25) is 23.6 Å². The van der Waals surface area contributed by atoms with Crippen LogP contribution in [-0.4, -0.2) is 76.1 Å². The van der Waals surface area contributed by atoms with Crippen LogP contribution in [0.25, 0.3) is 0 Å². The molecule has 2 heterocycles. The Balaban J connectivity index is 1.61. The molecule has 0 spiro atoms. The van der Waals surface area contributed by atoms with Crippen LogP contribution in [0.1, 0.15) is 75.8 Å². The quantitative estimate of drug-likeness (QED) is 0.424. The third-order valence-electron chi connectivity index (χ3n) is 8.20. The summed E-state index contributed by atoms with van der Waals surface area (Å²) in [4.78, 5) is 66.7. The zero-order chi connectivity index (χ0) is 29.4. The Morgan fingerprint density at radius 1 is 0.976 bits per heavy atom. The molecule has 4 N–H and O–H groups in total. The van der Waals surface area contributed by atoms with Gasteiger partial charge in [0, 0.05) is 30.5 Å². The molecule has 2 fully saturated rings. The normalized spacial score (nSPS) is 27.5. The smallest absolute Gasteiger partial charge is 0.303 e. The summed E-state index contributed by atoms with van der Waals surface area (Å²) in [5.74, 6) is -1.06. The van der Waals surface area contributed by atoms with Gasteiger partial charge in [0.25, 0.3) is 0 Å². The molecule has 2 bridgehead atoms. The minimum Gasteiger partial charge on any atom is -0.481 e. The summed E-state index contributed by atoms with van der Waals surface area (Å²) in [6, 6.07) is 5.04. The second-order valence-corrected chi connectivity index (χ2v) is 12.6. The van der Waals surface area contributed by atoms with Crippen LogP contribution in [0.2, 0.25) is 0 Å². The zero-order valence-electron chi connectivity index (χ0n) is 23.7. The molecule has 3 unspecified atom stereocenters. The first-order chi connectivity index (χ1) is 19.7. The second kappa shape index (κ2) is 14.7. The van der Waals surface area contributed by atoms with Crippen LogP contribution < -0.4 is 16.0 Å². The number of thioether (sulfide) groups is 1. The Hall–Kier alpha value is -3.08. The van der Waals surface area contributed by atoms with Crippen LogP contribution in [0.15, 0.2) is 24.3 Å². The van der Waals surface area contributed by atoms with Crippen molar-refractivity contribution in [3.05, 3.63) is 35.4 Å². The van der Waals surface area contributed by atoms with Crippen LogP contribution in [0, 0.1) is 5.92 Å². The highest BCUT2D eigenvalue weighted by atomic mass is 32.2. The fourth-order valence-electron chi connectivity index (χ4n) is 6.13. The molecule has 4 amide bonds. The maximum absolute atomic E-state index is 13.7. The molecule has 1 aromatic rings. The van der Waals surface area contributed by atoms with E-state index in [-0.39, 0.29) is 48.9 Å². The molecule has 3 aliphatic rings. The number of carbonyl (C=O) groups is 5. The molecular formula is C30H42N4O6S. The lowest BCUT2D eigenvalue weighted by atomic mass is 9.83. The molecule has 1 saturated heterocycles. The SMILES string of the molecule is C[C@@H]1CSCc2cccc(c2)CC(=O)NC(CCC(=O)O)C(=O)N2CCCC2C(=O)NC(C2CCCCC2)C(=O)N1. The molecule has 1 saturated carbocycles. The number of amides is 4. The molecule has 10 nitrogen and oxygen atoms in total. The predicted molar refractivity (Wildman–Crippen MR) is 156 cm³/mol. The Kier molecular flexibility index (Phi) is 11.1. The molecule has 4 atom stereocenters. The number of carboxylic acid groups (broad SMARTS) is 1. The summed E-state index contributed by atoms with van der Waals surface area (Å²) >= 11 is 1.68. The average Bonchev–Trinajstić information content (AvgIpc) is 3.44. The third-order valence-corrected chi connectivity index (χ3v) is 9.47. The number of nitrogens with one attached hydrogen (secondary N) is 3. The maximum atomic E-state index is 13.7. The molecule has 0 radical (unpaired) electrons. The van der Waals surface area contributed by atoms with Gasteiger partial charge in [0.05, 0.1) is 6.42 Å². The molecule has 224 valence electrons. The van der Waals surface area contributed by atoms with E-state index in [0.29, 0.717) is 30.9 Å². The summed E-state index contributed by atoms with van der Waals surface area (Å²) in [5.41, 5.74) is 1.83. The molecule has 4 rings (SSSR count). The van der Waals surface area contributed by atoms with Gasteiger partial charge in [-0.25, -0.2) is 0 Å². The third kappa shape index (κ3) is 8.70. The lowest BCUT2D eigenvalue weighted by Gasteiger charge is -2.33. The van der Waals surface area contributed by atoms with Crippen molar-refractivity contribution in [1.82, 2.24) is 20.9 Å². The number of carboxylic acids is 1. The maximum Gasteiger partial charge on any atom is 0.303 e. The van der Waals surface area contributed by atoms with Crippen LogP contribution in [0.5, 0.6) is 0 Å². The predicted octanol–water partition coefficient (Wildman–Crippen LogP) is 2.39. The van der Waals surface area contributed by atoms with Crippen molar-refractivity contribution in [2.45, 2.75) is 101 Å². The largest absolute Gasteiger partial charge is 0.481 e. The summed E-state index contributed by atoms with van der Waals surface area (Å²) in [7, 11) is 0. The summed E-state index contributed by atoms with van der Waals surface area (Å²) < 4.78 is 0. The molecule has 2 aliphatic heterocycles. The van der Waals surface area contributed by atoms with E-state index in [2.05, 4.69) is 16.0 Å². The fraction of sp³-hybridized carbons (Fsp3) is 0.633. The van der Waals surface area contributed by atoms with E-state index in [1.807, 2.05) is 31.2 Å². The van der Waals surface area contributed by atoms with Gasteiger partial charge < -0.3 is 26.0 Å². The van der Waals surface area contributed by atoms with Crippen LogP contribution in [0.3, 0.4) is 0 Å². The van der Waals surface area contributed by atoms with Crippen molar-refractivity contribution in [3.63, 3.8) is 0 Å².